The number of hydrogen-bond donors (Lipinski definition) is 0. The van der Waals surface area contributed by atoms with Crippen LogP contribution in [0.25, 0.3) is 0 Å². The van der Waals surface area contributed by atoms with Gasteiger partial charge in [-0.1, -0.05) is 70.7 Å². The predicted octanol–water partition coefficient (Wildman–Crippen LogP) is 10.4. The first-order valence-electron chi connectivity index (χ1n) is 14.6. The van der Waals surface area contributed by atoms with Crippen LogP contribution in [-0.2, 0) is 19.7 Å². The third-order valence-corrected chi connectivity index (χ3v) is 13.9. The summed E-state index contributed by atoms with van der Waals surface area (Å²) in [6.07, 6.45) is 0. The molecule has 9 heteroatoms. The van der Waals surface area contributed by atoms with E-state index in [1.54, 1.807) is 108 Å². The molecule has 0 heterocycles. The molecule has 0 fully saturated rings. The van der Waals surface area contributed by atoms with E-state index in [0.717, 1.165) is 40.5 Å². The fraction of sp³-hybridized carbons (Fsp3) is 0.0526. The van der Waals surface area contributed by atoms with Crippen LogP contribution in [0.5, 0.6) is 0 Å². The summed E-state index contributed by atoms with van der Waals surface area (Å²) in [6, 6.07) is 44.4. The van der Waals surface area contributed by atoms with Crippen molar-refractivity contribution in [1.29, 1.82) is 0 Å². The lowest BCUT2D eigenvalue weighted by Gasteiger charge is -2.08. The zero-order chi connectivity index (χ0) is 33.0. The molecular formula is C38H30O4S5. The number of aryl methyl sites for hydroxylation is 2. The normalized spacial score (nSPS) is 11.8. The maximum absolute atomic E-state index is 13.0. The zero-order valence-electron chi connectivity index (χ0n) is 25.5. The van der Waals surface area contributed by atoms with Crippen LogP contribution in [0.15, 0.2) is 195 Å². The van der Waals surface area contributed by atoms with E-state index in [2.05, 4.69) is 48.5 Å². The summed E-state index contributed by atoms with van der Waals surface area (Å²) in [7, 11) is -7.10. The van der Waals surface area contributed by atoms with Crippen LogP contribution in [0.4, 0.5) is 0 Å². The van der Waals surface area contributed by atoms with Crippen molar-refractivity contribution in [2.24, 2.45) is 0 Å². The summed E-state index contributed by atoms with van der Waals surface area (Å²) in [6.45, 7) is 3.86. The van der Waals surface area contributed by atoms with Crippen molar-refractivity contribution in [2.75, 3.05) is 0 Å². The van der Waals surface area contributed by atoms with E-state index >= 15 is 0 Å². The summed E-state index contributed by atoms with van der Waals surface area (Å²) in [4.78, 5) is 7.43. The second-order valence-corrected chi connectivity index (χ2v) is 18.2. The Morgan fingerprint density at radius 3 is 0.681 bits per heavy atom. The maximum atomic E-state index is 13.0. The van der Waals surface area contributed by atoms with Crippen molar-refractivity contribution in [3.8, 4) is 0 Å². The number of rotatable bonds is 10. The monoisotopic (exact) mass is 710 g/mol. The second kappa shape index (κ2) is 14.2. The maximum Gasteiger partial charge on any atom is 0.206 e. The Morgan fingerprint density at radius 2 is 0.468 bits per heavy atom. The summed E-state index contributed by atoms with van der Waals surface area (Å²) in [5.74, 6) is 0. The molecule has 0 atom stereocenters. The summed E-state index contributed by atoms with van der Waals surface area (Å²) in [5, 5.41) is 0. The van der Waals surface area contributed by atoms with E-state index in [1.807, 2.05) is 38.1 Å². The molecule has 0 aliphatic heterocycles. The summed E-state index contributed by atoms with van der Waals surface area (Å²) >= 11 is 4.84. The topological polar surface area (TPSA) is 68.3 Å². The molecular weight excluding hydrogens is 681 g/mol. The molecule has 236 valence electrons. The smallest absolute Gasteiger partial charge is 0.206 e. The zero-order valence-corrected chi connectivity index (χ0v) is 29.6. The minimum Gasteiger partial charge on any atom is -0.219 e. The second-order valence-electron chi connectivity index (χ2n) is 10.8. The van der Waals surface area contributed by atoms with Crippen LogP contribution >= 0.6 is 35.3 Å². The van der Waals surface area contributed by atoms with Gasteiger partial charge < -0.3 is 0 Å². The molecule has 6 rings (SSSR count). The minimum absolute atomic E-state index is 0.282. The molecule has 0 aromatic heterocycles. The Morgan fingerprint density at radius 1 is 0.298 bits per heavy atom. The first kappa shape index (κ1) is 33.2. The molecule has 0 saturated heterocycles. The van der Waals surface area contributed by atoms with Gasteiger partial charge in [0.2, 0.25) is 19.7 Å². The van der Waals surface area contributed by atoms with Gasteiger partial charge >= 0.3 is 0 Å². The highest BCUT2D eigenvalue weighted by Gasteiger charge is 2.18. The van der Waals surface area contributed by atoms with Crippen molar-refractivity contribution in [1.82, 2.24) is 0 Å². The van der Waals surface area contributed by atoms with E-state index in [4.69, 9.17) is 0 Å². The third kappa shape index (κ3) is 8.05. The molecule has 0 radical (unpaired) electrons. The highest BCUT2D eigenvalue weighted by atomic mass is 32.2. The molecule has 0 aliphatic rings. The highest BCUT2D eigenvalue weighted by molar-refractivity contribution is 8.00. The van der Waals surface area contributed by atoms with Gasteiger partial charge in [-0.2, -0.15) is 0 Å². The van der Waals surface area contributed by atoms with Crippen LogP contribution in [-0.4, -0.2) is 16.8 Å². The van der Waals surface area contributed by atoms with Crippen LogP contribution in [0.3, 0.4) is 0 Å². The molecule has 6 aromatic carbocycles. The first-order valence-corrected chi connectivity index (χ1v) is 20.1. The van der Waals surface area contributed by atoms with Gasteiger partial charge in [0.05, 0.1) is 19.6 Å². The number of sulfone groups is 2. The van der Waals surface area contributed by atoms with Gasteiger partial charge in [-0.3, -0.25) is 0 Å². The highest BCUT2D eigenvalue weighted by Crippen LogP contribution is 2.35. The molecule has 6 aromatic rings. The van der Waals surface area contributed by atoms with E-state index < -0.39 is 19.7 Å². The summed E-state index contributed by atoms with van der Waals surface area (Å²) < 4.78 is 51.9. The van der Waals surface area contributed by atoms with Crippen LogP contribution in [0, 0.1) is 13.8 Å². The van der Waals surface area contributed by atoms with E-state index in [0.29, 0.717) is 9.79 Å². The van der Waals surface area contributed by atoms with Gasteiger partial charge in [-0.25, -0.2) is 16.8 Å². The van der Waals surface area contributed by atoms with Gasteiger partial charge in [-0.15, -0.1) is 0 Å². The summed E-state index contributed by atoms with van der Waals surface area (Å²) in [5.41, 5.74) is 2.03. The lowest BCUT2D eigenvalue weighted by atomic mass is 10.2. The molecule has 0 saturated carbocycles. The van der Waals surface area contributed by atoms with Crippen molar-refractivity contribution in [2.45, 2.75) is 62.8 Å². The Bertz CT molecular complexity index is 2030. The fourth-order valence-corrected chi connectivity index (χ4v) is 9.61. The molecule has 0 amide bonds. The van der Waals surface area contributed by atoms with E-state index in [1.165, 1.54) is 0 Å². The largest absolute Gasteiger partial charge is 0.219 e. The number of hydrogen-bond acceptors (Lipinski definition) is 7. The molecule has 47 heavy (non-hydrogen) atoms. The fourth-order valence-electron chi connectivity index (χ4n) is 4.64. The molecule has 0 aliphatic carbocycles. The molecule has 0 N–H and O–H groups in total. The third-order valence-electron chi connectivity index (χ3n) is 7.29. The quantitative estimate of drug-likeness (QED) is 0.140. The van der Waals surface area contributed by atoms with Crippen molar-refractivity contribution in [3.05, 3.63) is 157 Å². The van der Waals surface area contributed by atoms with Crippen molar-refractivity contribution in [3.63, 3.8) is 0 Å². The first-order chi connectivity index (χ1) is 22.6. The average molecular weight is 711 g/mol. The Labute approximate surface area is 289 Å². The lowest BCUT2D eigenvalue weighted by Crippen LogP contribution is -2.01. The van der Waals surface area contributed by atoms with Gasteiger partial charge in [-0.05, 0) is 135 Å². The van der Waals surface area contributed by atoms with E-state index in [9.17, 15) is 16.8 Å². The Kier molecular flexibility index (Phi) is 10.0. The molecule has 0 unspecified atom stereocenters. The predicted molar refractivity (Wildman–Crippen MR) is 191 cm³/mol. The molecule has 0 spiro atoms. The van der Waals surface area contributed by atoms with Gasteiger partial charge in [0, 0.05) is 29.4 Å². The Hall–Kier alpha value is -3.73. The average Bonchev–Trinajstić information content (AvgIpc) is 3.07. The van der Waals surface area contributed by atoms with Crippen molar-refractivity contribution < 1.29 is 16.8 Å². The molecule has 4 nitrogen and oxygen atoms in total. The van der Waals surface area contributed by atoms with Crippen LogP contribution in [0.2, 0.25) is 0 Å². The van der Waals surface area contributed by atoms with Gasteiger partial charge in [0.15, 0.2) is 0 Å². The lowest BCUT2D eigenvalue weighted by molar-refractivity contribution is 0.594. The minimum atomic E-state index is -3.55. The molecule has 0 bridgehead atoms. The van der Waals surface area contributed by atoms with Crippen LogP contribution < -0.4 is 0 Å². The van der Waals surface area contributed by atoms with E-state index in [-0.39, 0.29) is 9.79 Å². The SMILES string of the molecule is Cc1ccc(S(=O)(=O)c2ccc(Sc3ccc(Sc4ccc(Sc5ccc(S(=O)(=O)c6ccc(C)cc6)cc5)cc4)cc3)cc2)cc1. The standard InChI is InChI=1S/C38H30O4S5/c1-27-3-19-35(20-4-27)46(39,40)37-23-15-33(16-24-37)44-31-11-7-29(8-12-31)43-30-9-13-32(14-10-30)45-34-17-25-38(26-18-34)47(41,42)36-21-5-28(2)6-22-36/h3-26H,1-2H3. The Balaban J connectivity index is 1.03. The van der Waals surface area contributed by atoms with Crippen LogP contribution in [0.1, 0.15) is 11.1 Å². The number of benzene rings is 6. The van der Waals surface area contributed by atoms with Gasteiger partial charge in [0.1, 0.15) is 0 Å². The van der Waals surface area contributed by atoms with Crippen molar-refractivity contribution >= 4 is 55.0 Å². The van der Waals surface area contributed by atoms with Gasteiger partial charge in [0.25, 0.3) is 0 Å².